The lowest BCUT2D eigenvalue weighted by Gasteiger charge is -2.16. The van der Waals surface area contributed by atoms with E-state index in [1.807, 2.05) is 35.1 Å². The number of nitrogens with zero attached hydrogens (tertiary/aromatic N) is 2. The van der Waals surface area contributed by atoms with Crippen molar-refractivity contribution in [3.63, 3.8) is 0 Å². The highest BCUT2D eigenvalue weighted by atomic mass is 16.5. The lowest BCUT2D eigenvalue weighted by Crippen LogP contribution is -2.13. The normalized spacial score (nSPS) is 14.3. The van der Waals surface area contributed by atoms with Crippen LogP contribution in [-0.2, 0) is 17.9 Å². The van der Waals surface area contributed by atoms with E-state index in [0.29, 0.717) is 13.2 Å². The number of hydrogen-bond donors (Lipinski definition) is 0. The van der Waals surface area contributed by atoms with Gasteiger partial charge >= 0.3 is 0 Å². The molecule has 0 amide bonds. The van der Waals surface area contributed by atoms with Gasteiger partial charge in [-0.3, -0.25) is 4.68 Å². The van der Waals surface area contributed by atoms with E-state index in [-0.39, 0.29) is 0 Å². The molecule has 0 saturated heterocycles. The van der Waals surface area contributed by atoms with Gasteiger partial charge in [-0.05, 0) is 23.3 Å². The van der Waals surface area contributed by atoms with Gasteiger partial charge in [-0.15, -0.1) is 0 Å². The van der Waals surface area contributed by atoms with Crippen molar-refractivity contribution in [1.82, 2.24) is 9.78 Å². The quantitative estimate of drug-likeness (QED) is 0.846. The van der Waals surface area contributed by atoms with Crippen molar-refractivity contribution in [2.75, 3.05) is 13.7 Å². The molecule has 0 spiro atoms. The molecule has 98 valence electrons. The molecule has 0 bridgehead atoms. The molecule has 19 heavy (non-hydrogen) atoms. The van der Waals surface area contributed by atoms with Crippen LogP contribution < -0.4 is 4.74 Å². The smallest absolute Gasteiger partial charge is 0.118 e. The highest BCUT2D eigenvalue weighted by Gasteiger charge is 2.18. The van der Waals surface area contributed by atoms with Gasteiger partial charge in [-0.2, -0.15) is 5.10 Å². The summed E-state index contributed by atoms with van der Waals surface area (Å²) in [5.74, 6) is 0.864. The predicted octanol–water partition coefficient (Wildman–Crippen LogP) is 2.48. The Morgan fingerprint density at radius 3 is 2.84 bits per heavy atom. The number of hydrogen-bond acceptors (Lipinski definition) is 3. The third-order valence-electron chi connectivity index (χ3n) is 3.34. The Bertz CT molecular complexity index is 599. The van der Waals surface area contributed by atoms with Crippen LogP contribution in [0.3, 0.4) is 0 Å². The van der Waals surface area contributed by atoms with Crippen LogP contribution in [0.5, 0.6) is 5.75 Å². The standard InChI is InChI=1S/C15H16N2O2/c1-11-9-19-10-15-14(11)7-16-17(15)8-12-3-5-13(18-2)6-4-12/h3-7H,1,8-10H2,2H3. The number of benzene rings is 1. The first-order valence-electron chi connectivity index (χ1n) is 6.21. The van der Waals surface area contributed by atoms with Crippen molar-refractivity contribution < 1.29 is 9.47 Å². The van der Waals surface area contributed by atoms with Gasteiger partial charge in [0.2, 0.25) is 0 Å². The third-order valence-corrected chi connectivity index (χ3v) is 3.34. The van der Waals surface area contributed by atoms with Crippen LogP contribution in [0, 0.1) is 0 Å². The molecule has 4 nitrogen and oxygen atoms in total. The van der Waals surface area contributed by atoms with Gasteiger partial charge in [0.15, 0.2) is 0 Å². The molecule has 0 atom stereocenters. The number of ether oxygens (including phenoxy) is 2. The molecule has 0 aliphatic carbocycles. The summed E-state index contributed by atoms with van der Waals surface area (Å²) in [5, 5.41) is 4.43. The molecule has 1 aliphatic rings. The largest absolute Gasteiger partial charge is 0.497 e. The molecule has 0 unspecified atom stereocenters. The van der Waals surface area contributed by atoms with Crippen LogP contribution >= 0.6 is 0 Å². The Balaban J connectivity index is 1.85. The Morgan fingerprint density at radius 2 is 2.11 bits per heavy atom. The van der Waals surface area contributed by atoms with Crippen LogP contribution in [0.15, 0.2) is 37.0 Å². The molecule has 1 aliphatic heterocycles. The SMILES string of the molecule is C=C1COCc2c1cnn2Cc1ccc(OC)cc1. The van der Waals surface area contributed by atoms with E-state index in [2.05, 4.69) is 11.7 Å². The monoisotopic (exact) mass is 256 g/mol. The Morgan fingerprint density at radius 1 is 1.32 bits per heavy atom. The van der Waals surface area contributed by atoms with Gasteiger partial charge in [0.25, 0.3) is 0 Å². The maximum absolute atomic E-state index is 5.50. The molecule has 3 rings (SSSR count). The minimum Gasteiger partial charge on any atom is -0.497 e. The highest BCUT2D eigenvalue weighted by Crippen LogP contribution is 2.24. The van der Waals surface area contributed by atoms with E-state index in [0.717, 1.165) is 29.1 Å². The summed E-state index contributed by atoms with van der Waals surface area (Å²) in [6.45, 7) is 5.94. The van der Waals surface area contributed by atoms with Crippen molar-refractivity contribution in [1.29, 1.82) is 0 Å². The van der Waals surface area contributed by atoms with Gasteiger partial charge < -0.3 is 9.47 Å². The van der Waals surface area contributed by atoms with Crippen molar-refractivity contribution in [2.45, 2.75) is 13.2 Å². The maximum atomic E-state index is 5.50. The second kappa shape index (κ2) is 4.90. The van der Waals surface area contributed by atoms with Crippen LogP contribution in [0.4, 0.5) is 0 Å². The minimum absolute atomic E-state index is 0.598. The van der Waals surface area contributed by atoms with E-state index in [4.69, 9.17) is 9.47 Å². The van der Waals surface area contributed by atoms with E-state index < -0.39 is 0 Å². The fourth-order valence-electron chi connectivity index (χ4n) is 2.25. The zero-order valence-corrected chi connectivity index (χ0v) is 10.9. The van der Waals surface area contributed by atoms with Crippen LogP contribution in [-0.4, -0.2) is 23.5 Å². The summed E-state index contributed by atoms with van der Waals surface area (Å²) in [5.41, 5.74) is 4.41. The first-order chi connectivity index (χ1) is 9.28. The van der Waals surface area contributed by atoms with E-state index >= 15 is 0 Å². The number of methoxy groups -OCH3 is 1. The molecule has 1 aromatic heterocycles. The van der Waals surface area contributed by atoms with E-state index in [1.54, 1.807) is 7.11 Å². The Labute approximate surface area is 112 Å². The molecule has 4 heteroatoms. The summed E-state index contributed by atoms with van der Waals surface area (Å²) in [6.07, 6.45) is 1.88. The van der Waals surface area contributed by atoms with Crippen LogP contribution in [0.25, 0.3) is 5.57 Å². The molecule has 0 saturated carbocycles. The lowest BCUT2D eigenvalue weighted by molar-refractivity contribution is 0.139. The zero-order chi connectivity index (χ0) is 13.2. The zero-order valence-electron chi connectivity index (χ0n) is 10.9. The van der Waals surface area contributed by atoms with Gasteiger partial charge in [0.05, 0.1) is 38.8 Å². The van der Waals surface area contributed by atoms with Crippen molar-refractivity contribution >= 4 is 5.57 Å². The third kappa shape index (κ3) is 2.27. The van der Waals surface area contributed by atoms with Crippen molar-refractivity contribution in [3.05, 3.63) is 53.9 Å². The second-order valence-corrected chi connectivity index (χ2v) is 4.61. The van der Waals surface area contributed by atoms with Crippen LogP contribution in [0.2, 0.25) is 0 Å². The summed E-state index contributed by atoms with van der Waals surface area (Å²) in [4.78, 5) is 0. The Kier molecular flexibility index (Phi) is 3.09. The molecule has 1 aromatic carbocycles. The van der Waals surface area contributed by atoms with Gasteiger partial charge in [0.1, 0.15) is 5.75 Å². The fraction of sp³-hybridized carbons (Fsp3) is 0.267. The topological polar surface area (TPSA) is 36.3 Å². The van der Waals surface area contributed by atoms with Crippen molar-refractivity contribution in [3.8, 4) is 5.75 Å². The number of fused-ring (bicyclic) bond motifs is 1. The van der Waals surface area contributed by atoms with Gasteiger partial charge in [-0.1, -0.05) is 18.7 Å². The lowest BCUT2D eigenvalue weighted by atomic mass is 10.1. The highest BCUT2D eigenvalue weighted by molar-refractivity contribution is 5.66. The summed E-state index contributed by atoms with van der Waals surface area (Å²) in [6, 6.07) is 8.01. The Hall–Kier alpha value is -2.07. The molecular weight excluding hydrogens is 240 g/mol. The average molecular weight is 256 g/mol. The number of aromatic nitrogens is 2. The number of rotatable bonds is 3. The molecular formula is C15H16N2O2. The molecule has 0 N–H and O–H groups in total. The first kappa shape index (κ1) is 12.0. The predicted molar refractivity (Wildman–Crippen MR) is 73.0 cm³/mol. The van der Waals surface area contributed by atoms with Crippen molar-refractivity contribution in [2.24, 2.45) is 0 Å². The summed E-state index contributed by atoms with van der Waals surface area (Å²) in [7, 11) is 1.67. The molecule has 2 heterocycles. The fourth-order valence-corrected chi connectivity index (χ4v) is 2.25. The maximum Gasteiger partial charge on any atom is 0.118 e. The average Bonchev–Trinajstić information content (AvgIpc) is 2.84. The molecule has 0 radical (unpaired) electrons. The van der Waals surface area contributed by atoms with E-state index in [1.165, 1.54) is 5.56 Å². The minimum atomic E-state index is 0.598. The van der Waals surface area contributed by atoms with Gasteiger partial charge in [0, 0.05) is 5.56 Å². The van der Waals surface area contributed by atoms with Crippen LogP contribution in [0.1, 0.15) is 16.8 Å². The molecule has 2 aromatic rings. The van der Waals surface area contributed by atoms with Gasteiger partial charge in [-0.25, -0.2) is 0 Å². The summed E-state index contributed by atoms with van der Waals surface area (Å²) < 4.78 is 12.6. The second-order valence-electron chi connectivity index (χ2n) is 4.61. The first-order valence-corrected chi connectivity index (χ1v) is 6.21. The van der Waals surface area contributed by atoms with E-state index in [9.17, 15) is 0 Å². The molecule has 0 fully saturated rings. The summed E-state index contributed by atoms with van der Waals surface area (Å²) >= 11 is 0.